The van der Waals surface area contributed by atoms with Gasteiger partial charge in [0, 0.05) is 38.8 Å². The van der Waals surface area contributed by atoms with Crippen molar-refractivity contribution < 1.29 is 27.5 Å². The molecule has 0 bridgehead atoms. The lowest BCUT2D eigenvalue weighted by molar-refractivity contribution is -0.144. The normalized spacial score (nSPS) is 18.9. The lowest BCUT2D eigenvalue weighted by Gasteiger charge is -2.37. The fraction of sp³-hybridized carbons (Fsp3) is 0.455. The second kappa shape index (κ2) is 8.65. The molecule has 2 aromatic heterocycles. The van der Waals surface area contributed by atoms with Crippen molar-refractivity contribution in [2.45, 2.75) is 25.6 Å². The molecule has 2 atom stereocenters. The molecule has 1 aliphatic rings. The third kappa shape index (κ3) is 4.19. The Morgan fingerprint density at radius 3 is 2.62 bits per heavy atom. The second-order valence-corrected chi connectivity index (χ2v) is 8.53. The van der Waals surface area contributed by atoms with Gasteiger partial charge in [-0.15, -0.1) is 0 Å². The molecule has 4 rings (SSSR count). The number of rotatable bonds is 4. The molecule has 0 radical (unpaired) electrons. The van der Waals surface area contributed by atoms with Crippen molar-refractivity contribution in [3.63, 3.8) is 0 Å². The number of benzene rings is 1. The number of amides is 2. The summed E-state index contributed by atoms with van der Waals surface area (Å²) in [7, 11) is 4.48. The second-order valence-electron chi connectivity index (χ2n) is 8.53. The fourth-order valence-electron chi connectivity index (χ4n) is 4.39. The van der Waals surface area contributed by atoms with E-state index in [2.05, 4.69) is 15.4 Å². The van der Waals surface area contributed by atoms with E-state index in [0.29, 0.717) is 41.0 Å². The van der Waals surface area contributed by atoms with E-state index in [1.807, 2.05) is 14.0 Å². The number of carbonyl (C=O) groups is 2. The molecule has 1 aromatic carbocycles. The van der Waals surface area contributed by atoms with Crippen LogP contribution >= 0.6 is 0 Å². The molecule has 0 aliphatic carbocycles. The molecule has 1 fully saturated rings. The number of carbonyl (C=O) groups excluding carboxylic acids is 2. The minimum absolute atomic E-state index is 0.171. The number of piperidine rings is 1. The Bertz CT molecular complexity index is 1250. The third-order valence-electron chi connectivity index (χ3n) is 6.22. The van der Waals surface area contributed by atoms with Crippen molar-refractivity contribution in [1.29, 1.82) is 0 Å². The summed E-state index contributed by atoms with van der Waals surface area (Å²) in [6, 6.07) is 3.02. The number of aryl methyl sites for hydroxylation is 2. The van der Waals surface area contributed by atoms with Crippen LogP contribution in [0, 0.1) is 5.92 Å². The average molecular weight is 478 g/mol. The number of nitrogens with one attached hydrogen (secondary N) is 1. The molecule has 0 saturated carbocycles. The van der Waals surface area contributed by atoms with E-state index in [4.69, 9.17) is 4.74 Å². The van der Waals surface area contributed by atoms with E-state index in [1.165, 1.54) is 7.11 Å². The maximum atomic E-state index is 13.3. The van der Waals surface area contributed by atoms with Crippen LogP contribution in [0.3, 0.4) is 0 Å². The molecule has 0 spiro atoms. The molecule has 9 nitrogen and oxygen atoms in total. The number of likely N-dealkylation sites (tertiary alicyclic amines) is 1. The number of nitrogens with zero attached hydrogens (tertiary/aromatic N) is 5. The fourth-order valence-corrected chi connectivity index (χ4v) is 4.39. The first-order chi connectivity index (χ1) is 16.0. The minimum atomic E-state index is -4.70. The van der Waals surface area contributed by atoms with Crippen LogP contribution < -0.4 is 10.1 Å². The number of aromatic nitrogens is 4. The highest BCUT2D eigenvalue weighted by Crippen LogP contribution is 2.32. The number of methoxy groups -OCH3 is 1. The highest BCUT2D eigenvalue weighted by Gasteiger charge is 2.40. The van der Waals surface area contributed by atoms with Crippen LogP contribution in [-0.4, -0.2) is 62.3 Å². The molecule has 1 aliphatic heterocycles. The first kappa shape index (κ1) is 23.6. The number of fused-ring (bicyclic) bond motifs is 1. The van der Waals surface area contributed by atoms with Crippen molar-refractivity contribution in [3.05, 3.63) is 41.5 Å². The minimum Gasteiger partial charge on any atom is -0.494 e. The van der Waals surface area contributed by atoms with Gasteiger partial charge in [0.25, 0.3) is 11.8 Å². The summed E-state index contributed by atoms with van der Waals surface area (Å²) >= 11 is 0. The summed E-state index contributed by atoms with van der Waals surface area (Å²) in [5.41, 5.74) is 0.259. The molecule has 0 unspecified atom stereocenters. The molecule has 12 heteroatoms. The van der Waals surface area contributed by atoms with E-state index >= 15 is 0 Å². The van der Waals surface area contributed by atoms with Crippen LogP contribution in [0.15, 0.2) is 24.7 Å². The predicted molar refractivity (Wildman–Crippen MR) is 116 cm³/mol. The van der Waals surface area contributed by atoms with E-state index in [0.717, 1.165) is 18.8 Å². The van der Waals surface area contributed by atoms with Crippen LogP contribution in [0.4, 0.5) is 13.2 Å². The number of imidazole rings is 1. The monoisotopic (exact) mass is 478 g/mol. The van der Waals surface area contributed by atoms with Gasteiger partial charge in [0.2, 0.25) is 0 Å². The standard InChI is InChI=1S/C22H25F3N6O3/c1-12-10-31(21(33)13-7-16-18(17(8-13)34-4)26-11-29(16)2)6-5-15(12)28-20(32)14-9-27-30(3)19(14)22(23,24)25/h7-9,11-12,15H,5-6,10H2,1-4H3,(H,28,32)/t12-,15+/m0/s1. The Morgan fingerprint density at radius 2 is 1.97 bits per heavy atom. The SMILES string of the molecule is COc1cc(C(=O)N2CC[C@@H](NC(=O)c3cnn(C)c3C(F)(F)F)[C@@H](C)C2)cc2c1ncn2C. The Kier molecular flexibility index (Phi) is 6.00. The number of ether oxygens (including phenoxy) is 1. The zero-order valence-electron chi connectivity index (χ0n) is 19.2. The van der Waals surface area contributed by atoms with Gasteiger partial charge < -0.3 is 19.5 Å². The number of hydrogen-bond donors (Lipinski definition) is 1. The summed E-state index contributed by atoms with van der Waals surface area (Å²) in [5.74, 6) is -0.698. The van der Waals surface area contributed by atoms with E-state index in [9.17, 15) is 22.8 Å². The first-order valence-corrected chi connectivity index (χ1v) is 10.7. The molecular weight excluding hydrogens is 453 g/mol. The summed E-state index contributed by atoms with van der Waals surface area (Å²) in [5, 5.41) is 6.28. The summed E-state index contributed by atoms with van der Waals surface area (Å²) in [6.07, 6.45) is -1.73. The van der Waals surface area contributed by atoms with Gasteiger partial charge in [-0.1, -0.05) is 6.92 Å². The maximum absolute atomic E-state index is 13.3. The molecule has 3 heterocycles. The number of hydrogen-bond acceptors (Lipinski definition) is 5. The summed E-state index contributed by atoms with van der Waals surface area (Å²) in [4.78, 5) is 31.8. The lowest BCUT2D eigenvalue weighted by atomic mass is 9.93. The zero-order chi connectivity index (χ0) is 24.8. The molecule has 1 saturated heterocycles. The topological polar surface area (TPSA) is 94.3 Å². The summed E-state index contributed by atoms with van der Waals surface area (Å²) < 4.78 is 47.8. The smallest absolute Gasteiger partial charge is 0.433 e. The Balaban J connectivity index is 1.47. The van der Waals surface area contributed by atoms with Gasteiger partial charge in [-0.2, -0.15) is 18.3 Å². The molecular formula is C22H25F3N6O3. The Labute approximate surface area is 193 Å². The van der Waals surface area contributed by atoms with Crippen molar-refractivity contribution in [1.82, 2.24) is 29.5 Å². The van der Waals surface area contributed by atoms with Crippen LogP contribution in [-0.2, 0) is 20.3 Å². The van der Waals surface area contributed by atoms with Crippen molar-refractivity contribution in [2.24, 2.45) is 20.0 Å². The highest BCUT2D eigenvalue weighted by atomic mass is 19.4. The van der Waals surface area contributed by atoms with E-state index < -0.39 is 23.3 Å². The van der Waals surface area contributed by atoms with Crippen LogP contribution in [0.2, 0.25) is 0 Å². The van der Waals surface area contributed by atoms with Gasteiger partial charge in [0.05, 0.1) is 30.7 Å². The quantitative estimate of drug-likeness (QED) is 0.622. The van der Waals surface area contributed by atoms with E-state index in [1.54, 1.807) is 27.9 Å². The van der Waals surface area contributed by atoms with Gasteiger partial charge >= 0.3 is 6.18 Å². The summed E-state index contributed by atoms with van der Waals surface area (Å²) in [6.45, 7) is 2.54. The van der Waals surface area contributed by atoms with Crippen LogP contribution in [0.1, 0.15) is 39.8 Å². The molecule has 2 amide bonds. The van der Waals surface area contributed by atoms with Crippen molar-refractivity contribution in [2.75, 3.05) is 20.2 Å². The first-order valence-electron chi connectivity index (χ1n) is 10.7. The predicted octanol–water partition coefficient (Wildman–Crippen LogP) is 2.61. The van der Waals surface area contributed by atoms with Crippen molar-refractivity contribution >= 4 is 22.8 Å². The maximum Gasteiger partial charge on any atom is 0.433 e. The van der Waals surface area contributed by atoms with Gasteiger partial charge in [-0.05, 0) is 24.5 Å². The Morgan fingerprint density at radius 1 is 1.24 bits per heavy atom. The number of alkyl halides is 3. The highest BCUT2D eigenvalue weighted by molar-refractivity contribution is 5.99. The van der Waals surface area contributed by atoms with Gasteiger partial charge in [-0.3, -0.25) is 14.3 Å². The van der Waals surface area contributed by atoms with Crippen molar-refractivity contribution in [3.8, 4) is 5.75 Å². The lowest BCUT2D eigenvalue weighted by Crippen LogP contribution is -2.51. The van der Waals surface area contributed by atoms with Gasteiger partial charge in [0.1, 0.15) is 11.3 Å². The van der Waals surface area contributed by atoms with Crippen LogP contribution in [0.25, 0.3) is 11.0 Å². The van der Waals surface area contributed by atoms with E-state index in [-0.39, 0.29) is 17.9 Å². The molecule has 3 aromatic rings. The molecule has 182 valence electrons. The Hall–Kier alpha value is -3.57. The molecule has 1 N–H and O–H groups in total. The third-order valence-corrected chi connectivity index (χ3v) is 6.22. The van der Waals surface area contributed by atoms with Gasteiger partial charge in [0.15, 0.2) is 5.69 Å². The van der Waals surface area contributed by atoms with Crippen LogP contribution in [0.5, 0.6) is 5.75 Å². The molecule has 34 heavy (non-hydrogen) atoms. The largest absolute Gasteiger partial charge is 0.494 e. The van der Waals surface area contributed by atoms with Gasteiger partial charge in [-0.25, -0.2) is 4.98 Å². The average Bonchev–Trinajstić information content (AvgIpc) is 3.36. The number of halogens is 3. The zero-order valence-corrected chi connectivity index (χ0v) is 19.2.